The van der Waals surface area contributed by atoms with Crippen LogP contribution in [0.4, 0.5) is 0 Å². The van der Waals surface area contributed by atoms with Crippen molar-refractivity contribution < 1.29 is 19.1 Å². The van der Waals surface area contributed by atoms with Crippen LogP contribution < -0.4 is 0 Å². The number of ether oxygens (including phenoxy) is 1. The highest BCUT2D eigenvalue weighted by atomic mass is 16.5. The summed E-state index contributed by atoms with van der Waals surface area (Å²) in [6.07, 6.45) is 4.41. The van der Waals surface area contributed by atoms with Crippen LogP contribution >= 0.6 is 0 Å². The van der Waals surface area contributed by atoms with Crippen molar-refractivity contribution in [2.45, 2.75) is 19.8 Å². The van der Waals surface area contributed by atoms with Crippen LogP contribution in [0.2, 0.25) is 0 Å². The number of rotatable bonds is 6. The van der Waals surface area contributed by atoms with Gasteiger partial charge >= 0.3 is 5.97 Å². The van der Waals surface area contributed by atoms with E-state index in [1.54, 1.807) is 6.92 Å². The third kappa shape index (κ3) is 3.05. The Labute approximate surface area is 111 Å². The van der Waals surface area contributed by atoms with Crippen LogP contribution in [0.1, 0.15) is 30.1 Å². The Morgan fingerprint density at radius 3 is 2.47 bits per heavy atom. The van der Waals surface area contributed by atoms with E-state index in [1.165, 1.54) is 24.5 Å². The van der Waals surface area contributed by atoms with E-state index in [0.717, 1.165) is 12.8 Å². The smallest absolute Gasteiger partial charge is 0.324 e. The Morgan fingerprint density at radius 1 is 1.32 bits per heavy atom. The zero-order valence-corrected chi connectivity index (χ0v) is 10.7. The summed E-state index contributed by atoms with van der Waals surface area (Å²) in [7, 11) is 0. The molecular weight excluding hydrogens is 246 g/mol. The van der Waals surface area contributed by atoms with Gasteiger partial charge in [0.1, 0.15) is 0 Å². The first-order valence-corrected chi connectivity index (χ1v) is 6.29. The molecule has 2 rings (SSSR count). The first-order chi connectivity index (χ1) is 9.15. The lowest BCUT2D eigenvalue weighted by Gasteiger charge is -2.13. The fourth-order valence-electron chi connectivity index (χ4n) is 1.86. The number of pyridine rings is 1. The predicted molar refractivity (Wildman–Crippen MR) is 66.4 cm³/mol. The van der Waals surface area contributed by atoms with E-state index in [2.05, 4.69) is 4.98 Å². The molecule has 19 heavy (non-hydrogen) atoms. The minimum atomic E-state index is -1.32. The normalized spacial score (nSPS) is 15.6. The summed E-state index contributed by atoms with van der Waals surface area (Å²) in [5.41, 5.74) is 0.307. The first kappa shape index (κ1) is 13.4. The second kappa shape index (κ2) is 5.73. The molecule has 1 heterocycles. The van der Waals surface area contributed by atoms with Crippen molar-refractivity contribution in [3.63, 3.8) is 0 Å². The number of aromatic nitrogens is 1. The highest BCUT2D eigenvalue weighted by molar-refractivity contribution is 6.23. The lowest BCUT2D eigenvalue weighted by atomic mass is 9.92. The van der Waals surface area contributed by atoms with Crippen molar-refractivity contribution in [2.75, 3.05) is 6.61 Å². The highest BCUT2D eigenvalue weighted by Gasteiger charge is 2.43. The van der Waals surface area contributed by atoms with Crippen molar-refractivity contribution in [1.82, 2.24) is 4.98 Å². The summed E-state index contributed by atoms with van der Waals surface area (Å²) >= 11 is 0. The number of carbonyl (C=O) groups is 3. The lowest BCUT2D eigenvalue weighted by molar-refractivity contribution is -0.149. The van der Waals surface area contributed by atoms with Crippen LogP contribution in [0.15, 0.2) is 24.5 Å². The van der Waals surface area contributed by atoms with E-state index in [0.29, 0.717) is 5.56 Å². The molecule has 0 amide bonds. The molecule has 5 heteroatoms. The quantitative estimate of drug-likeness (QED) is 0.440. The molecule has 1 atom stereocenters. The number of Topliss-reactive ketones (excluding diaryl/α,β-unsaturated/α-hetero) is 2. The molecule has 0 N–H and O–H groups in total. The van der Waals surface area contributed by atoms with Crippen molar-refractivity contribution in [3.8, 4) is 0 Å². The largest absolute Gasteiger partial charge is 0.465 e. The number of hydrogen-bond donors (Lipinski definition) is 0. The summed E-state index contributed by atoms with van der Waals surface area (Å²) in [4.78, 5) is 40.0. The molecule has 1 unspecified atom stereocenters. The predicted octanol–water partition coefficient (Wildman–Crippen LogP) is 1.42. The number of nitrogens with zero attached hydrogens (tertiary/aromatic N) is 1. The second-order valence-corrected chi connectivity index (χ2v) is 4.46. The molecule has 1 fully saturated rings. The van der Waals surface area contributed by atoms with E-state index < -0.39 is 17.7 Å². The average Bonchev–Trinajstić information content (AvgIpc) is 3.24. The Bertz CT molecular complexity index is 493. The van der Waals surface area contributed by atoms with Gasteiger partial charge in [0.05, 0.1) is 6.61 Å². The highest BCUT2D eigenvalue weighted by Crippen LogP contribution is 2.33. The van der Waals surface area contributed by atoms with Gasteiger partial charge in [-0.2, -0.15) is 0 Å². The molecular formula is C14H15NO4. The third-order valence-electron chi connectivity index (χ3n) is 3.01. The van der Waals surface area contributed by atoms with Gasteiger partial charge in [0, 0.05) is 23.9 Å². The van der Waals surface area contributed by atoms with Crippen LogP contribution in [-0.4, -0.2) is 29.1 Å². The topological polar surface area (TPSA) is 73.3 Å². The summed E-state index contributed by atoms with van der Waals surface area (Å²) in [6.45, 7) is 1.80. The van der Waals surface area contributed by atoms with Gasteiger partial charge in [-0.15, -0.1) is 0 Å². The van der Waals surface area contributed by atoms with Gasteiger partial charge < -0.3 is 4.74 Å². The van der Waals surface area contributed by atoms with E-state index in [9.17, 15) is 14.4 Å². The Kier molecular flexibility index (Phi) is 4.04. The molecule has 1 aromatic rings. The zero-order valence-electron chi connectivity index (χ0n) is 10.7. The van der Waals surface area contributed by atoms with Gasteiger partial charge in [-0.25, -0.2) is 0 Å². The molecule has 100 valence electrons. The van der Waals surface area contributed by atoms with Crippen LogP contribution in [-0.2, 0) is 14.3 Å². The first-order valence-electron chi connectivity index (χ1n) is 6.29. The second-order valence-electron chi connectivity index (χ2n) is 4.46. The summed E-state index contributed by atoms with van der Waals surface area (Å²) < 4.78 is 4.85. The molecule has 0 spiro atoms. The summed E-state index contributed by atoms with van der Waals surface area (Å²) in [5.74, 6) is -3.06. The maximum atomic E-state index is 12.3. The average molecular weight is 261 g/mol. The minimum absolute atomic E-state index is 0.150. The maximum Gasteiger partial charge on any atom is 0.324 e. The number of esters is 1. The fraction of sp³-hybridized carbons (Fsp3) is 0.429. The number of carbonyl (C=O) groups excluding carboxylic acids is 3. The Morgan fingerprint density at radius 2 is 1.95 bits per heavy atom. The Hall–Kier alpha value is -2.04. The van der Waals surface area contributed by atoms with Crippen molar-refractivity contribution >= 4 is 17.5 Å². The lowest BCUT2D eigenvalue weighted by Crippen LogP contribution is -2.34. The molecule has 0 bridgehead atoms. The standard InChI is InChI=1S/C14H15NO4/c1-2-19-14(18)11(12(16)9-3-4-9)13(17)10-5-7-15-8-6-10/h5-9,11H,2-4H2,1H3. The van der Waals surface area contributed by atoms with Crippen LogP contribution in [0.25, 0.3) is 0 Å². The molecule has 0 aromatic carbocycles. The monoisotopic (exact) mass is 261 g/mol. The van der Waals surface area contributed by atoms with Crippen LogP contribution in [0, 0.1) is 11.8 Å². The molecule has 1 saturated carbocycles. The van der Waals surface area contributed by atoms with Crippen LogP contribution in [0.5, 0.6) is 0 Å². The molecule has 1 aromatic heterocycles. The van der Waals surface area contributed by atoms with Gasteiger partial charge in [0.2, 0.25) is 0 Å². The molecule has 0 saturated heterocycles. The maximum absolute atomic E-state index is 12.3. The van der Waals surface area contributed by atoms with Gasteiger partial charge in [-0.3, -0.25) is 19.4 Å². The third-order valence-corrected chi connectivity index (χ3v) is 3.01. The van der Waals surface area contributed by atoms with E-state index in [-0.39, 0.29) is 18.3 Å². The molecule has 1 aliphatic rings. The summed E-state index contributed by atoms with van der Waals surface area (Å²) in [5, 5.41) is 0. The van der Waals surface area contributed by atoms with Gasteiger partial charge in [0.15, 0.2) is 17.5 Å². The van der Waals surface area contributed by atoms with Crippen molar-refractivity contribution in [1.29, 1.82) is 0 Å². The molecule has 1 aliphatic carbocycles. The zero-order chi connectivity index (χ0) is 13.8. The Balaban J connectivity index is 2.24. The van der Waals surface area contributed by atoms with E-state index in [1.807, 2.05) is 0 Å². The van der Waals surface area contributed by atoms with Gasteiger partial charge in [0.25, 0.3) is 0 Å². The molecule has 0 radical (unpaired) electrons. The van der Waals surface area contributed by atoms with E-state index >= 15 is 0 Å². The van der Waals surface area contributed by atoms with Crippen LogP contribution in [0.3, 0.4) is 0 Å². The minimum Gasteiger partial charge on any atom is -0.465 e. The van der Waals surface area contributed by atoms with E-state index in [4.69, 9.17) is 4.74 Å². The number of hydrogen-bond acceptors (Lipinski definition) is 5. The van der Waals surface area contributed by atoms with Gasteiger partial charge in [-0.1, -0.05) is 0 Å². The molecule has 0 aliphatic heterocycles. The van der Waals surface area contributed by atoms with Gasteiger partial charge in [-0.05, 0) is 31.9 Å². The van der Waals surface area contributed by atoms with Crippen molar-refractivity contribution in [3.05, 3.63) is 30.1 Å². The summed E-state index contributed by atoms with van der Waals surface area (Å²) in [6, 6.07) is 2.99. The fourth-order valence-corrected chi connectivity index (χ4v) is 1.86. The number of ketones is 2. The molecule has 5 nitrogen and oxygen atoms in total. The van der Waals surface area contributed by atoms with Crippen molar-refractivity contribution in [2.24, 2.45) is 11.8 Å². The SMILES string of the molecule is CCOC(=O)C(C(=O)c1ccncc1)C(=O)C1CC1.